The highest BCUT2D eigenvalue weighted by molar-refractivity contribution is 5.96. The van der Waals surface area contributed by atoms with Crippen LogP contribution in [0.15, 0.2) is 24.3 Å². The molecule has 0 heterocycles. The van der Waals surface area contributed by atoms with Gasteiger partial charge in [-0.05, 0) is 5.57 Å². The summed E-state index contributed by atoms with van der Waals surface area (Å²) < 4.78 is 0. The van der Waals surface area contributed by atoms with E-state index in [1.54, 1.807) is 0 Å². The monoisotopic (exact) mass is 149 g/mol. The van der Waals surface area contributed by atoms with E-state index >= 15 is 0 Å². The molecule has 0 aromatic carbocycles. The molecule has 56 valence electrons. The highest BCUT2D eigenvalue weighted by Crippen LogP contribution is 2.26. The predicted octanol–water partition coefficient (Wildman–Crippen LogP) is 0.679. The highest BCUT2D eigenvalue weighted by atomic mass is 16.3. The molecule has 1 rings (SSSR count). The molecule has 0 saturated heterocycles. The molecule has 0 bridgehead atoms. The van der Waals surface area contributed by atoms with Crippen LogP contribution < -0.4 is 0 Å². The van der Waals surface area contributed by atoms with Crippen LogP contribution >= 0.6 is 0 Å². The van der Waals surface area contributed by atoms with Crippen molar-refractivity contribution in [2.45, 2.75) is 12.1 Å². The SMILES string of the molecule is [C-]#[N+]C1(O)C=C(C=C)CC1=O. The van der Waals surface area contributed by atoms with E-state index < -0.39 is 11.5 Å². The molecule has 3 nitrogen and oxygen atoms in total. The van der Waals surface area contributed by atoms with Crippen molar-refractivity contribution in [3.63, 3.8) is 0 Å². The Morgan fingerprint density at radius 1 is 1.91 bits per heavy atom. The van der Waals surface area contributed by atoms with Gasteiger partial charge in [0.2, 0.25) is 0 Å². The summed E-state index contributed by atoms with van der Waals surface area (Å²) in [6.45, 7) is 10.0. The smallest absolute Gasteiger partial charge is 0.314 e. The third-order valence-corrected chi connectivity index (χ3v) is 1.59. The second kappa shape index (κ2) is 2.33. The van der Waals surface area contributed by atoms with E-state index in [-0.39, 0.29) is 6.42 Å². The van der Waals surface area contributed by atoms with Gasteiger partial charge in [0, 0.05) is 12.5 Å². The van der Waals surface area contributed by atoms with Crippen LogP contribution in [-0.2, 0) is 4.79 Å². The molecule has 1 unspecified atom stereocenters. The van der Waals surface area contributed by atoms with Crippen molar-refractivity contribution in [1.82, 2.24) is 0 Å². The van der Waals surface area contributed by atoms with E-state index in [0.717, 1.165) is 0 Å². The Morgan fingerprint density at radius 2 is 2.55 bits per heavy atom. The topological polar surface area (TPSA) is 41.7 Å². The quantitative estimate of drug-likeness (QED) is 0.557. The van der Waals surface area contributed by atoms with Crippen LogP contribution in [0, 0.1) is 6.57 Å². The van der Waals surface area contributed by atoms with Gasteiger partial charge in [0.05, 0.1) is 0 Å². The van der Waals surface area contributed by atoms with Gasteiger partial charge in [-0.15, -0.1) is 0 Å². The minimum absolute atomic E-state index is 0.113. The molecule has 11 heavy (non-hydrogen) atoms. The van der Waals surface area contributed by atoms with Crippen molar-refractivity contribution < 1.29 is 9.90 Å². The second-order valence-electron chi connectivity index (χ2n) is 2.36. The number of hydrogen-bond acceptors (Lipinski definition) is 2. The first-order valence-corrected chi connectivity index (χ1v) is 3.11. The van der Waals surface area contributed by atoms with E-state index in [4.69, 9.17) is 6.57 Å². The first-order chi connectivity index (χ1) is 5.12. The van der Waals surface area contributed by atoms with Crippen LogP contribution in [-0.4, -0.2) is 16.6 Å². The van der Waals surface area contributed by atoms with Crippen LogP contribution in [0.3, 0.4) is 0 Å². The molecule has 0 aliphatic heterocycles. The first-order valence-electron chi connectivity index (χ1n) is 3.11. The molecular formula is C8H7NO2. The van der Waals surface area contributed by atoms with Gasteiger partial charge < -0.3 is 5.11 Å². The number of carbonyl (C=O) groups is 1. The minimum Gasteiger partial charge on any atom is -0.314 e. The average Bonchev–Trinajstić information content (AvgIpc) is 2.29. The molecule has 1 N–H and O–H groups in total. The van der Waals surface area contributed by atoms with Crippen LogP contribution in [0.25, 0.3) is 4.85 Å². The highest BCUT2D eigenvalue weighted by Gasteiger charge is 2.45. The number of ketones is 1. The predicted molar refractivity (Wildman–Crippen MR) is 39.5 cm³/mol. The van der Waals surface area contributed by atoms with Crippen molar-refractivity contribution in [1.29, 1.82) is 0 Å². The molecule has 1 aliphatic carbocycles. The standard InChI is InChI=1S/C8H7NO2/c1-3-6-4-7(10)8(11,5-6)9-2/h3,5,11H,1,4H2. The Labute approximate surface area is 64.5 Å². The summed E-state index contributed by atoms with van der Waals surface area (Å²) >= 11 is 0. The normalized spacial score (nSPS) is 29.5. The van der Waals surface area contributed by atoms with Crippen molar-refractivity contribution >= 4 is 5.78 Å². The Hall–Kier alpha value is -1.40. The maximum Gasteiger partial charge on any atom is 0.415 e. The van der Waals surface area contributed by atoms with Crippen LogP contribution in [0.2, 0.25) is 0 Å². The van der Waals surface area contributed by atoms with E-state index in [0.29, 0.717) is 5.57 Å². The van der Waals surface area contributed by atoms with Gasteiger partial charge in [0.25, 0.3) is 5.78 Å². The van der Waals surface area contributed by atoms with Gasteiger partial charge in [-0.1, -0.05) is 12.7 Å². The zero-order valence-corrected chi connectivity index (χ0v) is 5.87. The molecule has 0 amide bonds. The van der Waals surface area contributed by atoms with Crippen molar-refractivity contribution in [2.24, 2.45) is 0 Å². The molecule has 1 aliphatic rings. The number of aliphatic hydroxyl groups is 1. The van der Waals surface area contributed by atoms with E-state index in [2.05, 4.69) is 11.4 Å². The minimum atomic E-state index is -1.91. The lowest BCUT2D eigenvalue weighted by molar-refractivity contribution is -0.127. The Balaban J connectivity index is 3.03. The Morgan fingerprint density at radius 3 is 2.82 bits per heavy atom. The molecule has 0 aromatic heterocycles. The number of rotatable bonds is 1. The fourth-order valence-corrected chi connectivity index (χ4v) is 0.931. The summed E-state index contributed by atoms with van der Waals surface area (Å²) in [6, 6.07) is 0. The number of allylic oxidation sites excluding steroid dienone is 2. The van der Waals surface area contributed by atoms with Gasteiger partial charge in [-0.25, -0.2) is 6.57 Å². The lowest BCUT2D eigenvalue weighted by Gasteiger charge is -2.00. The van der Waals surface area contributed by atoms with Crippen LogP contribution in [0.1, 0.15) is 6.42 Å². The van der Waals surface area contributed by atoms with Crippen molar-refractivity contribution in [2.75, 3.05) is 0 Å². The van der Waals surface area contributed by atoms with Gasteiger partial charge in [-0.2, -0.15) is 0 Å². The molecule has 0 fully saturated rings. The van der Waals surface area contributed by atoms with E-state index in [1.165, 1.54) is 12.2 Å². The Bertz CT molecular complexity index is 285. The average molecular weight is 149 g/mol. The number of Topliss-reactive ketones (excluding diaryl/α,β-unsaturated/α-hetero) is 1. The summed E-state index contributed by atoms with van der Waals surface area (Å²) in [5.41, 5.74) is -1.29. The number of hydrogen-bond donors (Lipinski definition) is 1. The van der Waals surface area contributed by atoms with Gasteiger partial charge in [0.15, 0.2) is 0 Å². The zero-order valence-electron chi connectivity index (χ0n) is 5.87. The summed E-state index contributed by atoms with van der Waals surface area (Å²) in [5, 5.41) is 9.24. The summed E-state index contributed by atoms with van der Waals surface area (Å²) in [6.07, 6.45) is 2.83. The lowest BCUT2D eigenvalue weighted by Crippen LogP contribution is -2.27. The van der Waals surface area contributed by atoms with Crippen LogP contribution in [0.5, 0.6) is 0 Å². The third kappa shape index (κ3) is 1.08. The fourth-order valence-electron chi connectivity index (χ4n) is 0.931. The maximum atomic E-state index is 10.9. The molecular weight excluding hydrogens is 142 g/mol. The fraction of sp³-hybridized carbons (Fsp3) is 0.250. The van der Waals surface area contributed by atoms with E-state index in [9.17, 15) is 9.90 Å². The molecule has 0 aromatic rings. The molecule has 0 saturated carbocycles. The maximum absolute atomic E-state index is 10.9. The van der Waals surface area contributed by atoms with Gasteiger partial charge >= 0.3 is 5.72 Å². The third-order valence-electron chi connectivity index (χ3n) is 1.59. The lowest BCUT2D eigenvalue weighted by atomic mass is 10.2. The molecule has 3 heteroatoms. The van der Waals surface area contributed by atoms with Gasteiger partial charge in [-0.3, -0.25) is 9.64 Å². The van der Waals surface area contributed by atoms with E-state index in [1.807, 2.05) is 0 Å². The molecule has 0 spiro atoms. The first kappa shape index (κ1) is 7.70. The van der Waals surface area contributed by atoms with Gasteiger partial charge in [0.1, 0.15) is 0 Å². The second-order valence-corrected chi connectivity index (χ2v) is 2.36. The summed E-state index contributed by atoms with van der Waals surface area (Å²) in [7, 11) is 0. The summed E-state index contributed by atoms with van der Waals surface area (Å²) in [5.74, 6) is -0.470. The Kier molecular flexibility index (Phi) is 1.63. The largest absolute Gasteiger partial charge is 0.415 e. The zero-order chi connectivity index (χ0) is 8.48. The van der Waals surface area contributed by atoms with Crippen LogP contribution in [0.4, 0.5) is 0 Å². The molecule has 0 radical (unpaired) electrons. The van der Waals surface area contributed by atoms with Crippen molar-refractivity contribution in [3.8, 4) is 0 Å². The molecule has 1 atom stereocenters. The number of carbonyl (C=O) groups excluding carboxylic acids is 1. The van der Waals surface area contributed by atoms with Crippen molar-refractivity contribution in [3.05, 3.63) is 35.7 Å². The number of nitrogens with zero attached hydrogens (tertiary/aromatic N) is 1. The summed E-state index contributed by atoms with van der Waals surface area (Å²) in [4.78, 5) is 13.8.